The summed E-state index contributed by atoms with van der Waals surface area (Å²) in [7, 11) is 3.10. The van der Waals surface area contributed by atoms with Crippen LogP contribution in [0.5, 0.6) is 17.2 Å². The molecule has 0 saturated heterocycles. The number of hydrazone groups is 1. The molecule has 202 valence electrons. The molecule has 11 heteroatoms. The molecular weight excluding hydrogens is 536 g/mol. The van der Waals surface area contributed by atoms with E-state index in [2.05, 4.69) is 10.5 Å². The number of hydrogen-bond donors (Lipinski definition) is 1. The Kier molecular flexibility index (Phi) is 8.18. The Morgan fingerprint density at radius 2 is 2.00 bits per heavy atom. The van der Waals surface area contributed by atoms with Gasteiger partial charge in [-0.3, -0.25) is 14.2 Å². The Balaban J connectivity index is 1.39. The van der Waals surface area contributed by atoms with Crippen molar-refractivity contribution in [1.29, 1.82) is 0 Å². The third kappa shape index (κ3) is 5.50. The number of thioether (sulfide) groups is 1. The molecule has 0 radical (unpaired) electrons. The van der Waals surface area contributed by atoms with Crippen LogP contribution >= 0.6 is 23.1 Å². The maximum atomic E-state index is 13.8. The largest absolute Gasteiger partial charge is 0.494 e. The zero-order valence-electron chi connectivity index (χ0n) is 21.9. The number of fused-ring (bicyclic) bond motifs is 3. The topological polar surface area (TPSA) is 104 Å². The number of ether oxygens (including phenoxy) is 3. The predicted molar refractivity (Wildman–Crippen MR) is 154 cm³/mol. The maximum absolute atomic E-state index is 13.8. The lowest BCUT2D eigenvalue weighted by molar-refractivity contribution is -0.118. The number of rotatable bonds is 10. The van der Waals surface area contributed by atoms with Crippen molar-refractivity contribution >= 4 is 45.4 Å². The van der Waals surface area contributed by atoms with E-state index in [9.17, 15) is 9.59 Å². The van der Waals surface area contributed by atoms with Crippen LogP contribution in [-0.2, 0) is 17.6 Å². The second-order valence-corrected chi connectivity index (χ2v) is 10.7. The van der Waals surface area contributed by atoms with Gasteiger partial charge in [-0.2, -0.15) is 5.10 Å². The third-order valence-electron chi connectivity index (χ3n) is 6.27. The van der Waals surface area contributed by atoms with Gasteiger partial charge in [-0.1, -0.05) is 17.8 Å². The number of nitrogens with one attached hydrogen (secondary N) is 1. The summed E-state index contributed by atoms with van der Waals surface area (Å²) in [4.78, 5) is 33.3. The normalized spacial score (nSPS) is 12.6. The molecule has 2 aromatic carbocycles. The molecule has 9 nitrogen and oxygen atoms in total. The second-order valence-electron chi connectivity index (χ2n) is 8.66. The minimum absolute atomic E-state index is 0.0205. The van der Waals surface area contributed by atoms with Crippen LogP contribution < -0.4 is 25.2 Å². The minimum atomic E-state index is -0.334. The Hall–Kier alpha value is -3.83. The van der Waals surface area contributed by atoms with Gasteiger partial charge < -0.3 is 14.2 Å². The number of aryl methyl sites for hydroxylation is 2. The summed E-state index contributed by atoms with van der Waals surface area (Å²) in [5.74, 6) is 1.49. The number of hydrogen-bond acceptors (Lipinski definition) is 9. The van der Waals surface area contributed by atoms with Gasteiger partial charge in [0.25, 0.3) is 11.5 Å². The molecule has 1 amide bonds. The Labute approximate surface area is 233 Å². The van der Waals surface area contributed by atoms with E-state index in [-0.39, 0.29) is 17.2 Å². The highest BCUT2D eigenvalue weighted by Gasteiger charge is 2.24. The van der Waals surface area contributed by atoms with Crippen molar-refractivity contribution in [3.8, 4) is 22.9 Å². The van der Waals surface area contributed by atoms with Gasteiger partial charge in [0.1, 0.15) is 10.6 Å². The fraction of sp³-hybridized carbons (Fsp3) is 0.286. The van der Waals surface area contributed by atoms with E-state index in [1.54, 1.807) is 42.3 Å². The van der Waals surface area contributed by atoms with Crippen LogP contribution in [0.4, 0.5) is 0 Å². The highest BCUT2D eigenvalue weighted by Crippen LogP contribution is 2.36. The molecule has 39 heavy (non-hydrogen) atoms. The quantitative estimate of drug-likeness (QED) is 0.130. The van der Waals surface area contributed by atoms with E-state index in [1.165, 1.54) is 22.9 Å². The van der Waals surface area contributed by atoms with Crippen LogP contribution in [0.15, 0.2) is 57.5 Å². The lowest BCUT2D eigenvalue weighted by Crippen LogP contribution is -2.24. The number of carbonyl (C=O) groups excluding carboxylic acids is 1. The minimum Gasteiger partial charge on any atom is -0.494 e. The number of para-hydroxylation sites is 1. The molecule has 0 atom stereocenters. The molecule has 0 bridgehead atoms. The van der Waals surface area contributed by atoms with E-state index in [1.807, 2.05) is 37.3 Å². The van der Waals surface area contributed by atoms with E-state index in [0.717, 1.165) is 35.4 Å². The summed E-state index contributed by atoms with van der Waals surface area (Å²) in [5.41, 5.74) is 4.86. The molecule has 0 aliphatic heterocycles. The van der Waals surface area contributed by atoms with Gasteiger partial charge in [0.15, 0.2) is 16.7 Å². The van der Waals surface area contributed by atoms with Crippen LogP contribution in [0.25, 0.3) is 15.9 Å². The smallest absolute Gasteiger partial charge is 0.267 e. The molecule has 0 fully saturated rings. The van der Waals surface area contributed by atoms with Crippen molar-refractivity contribution in [2.75, 3.05) is 26.6 Å². The SMILES string of the molecule is CCOc1ccc(-n2c(SCC(=O)NN=Cc3cccc(OC)c3OC)nc3sc4c(c3c2=O)CCC4)cc1. The van der Waals surface area contributed by atoms with Crippen molar-refractivity contribution in [1.82, 2.24) is 15.0 Å². The highest BCUT2D eigenvalue weighted by molar-refractivity contribution is 7.99. The summed E-state index contributed by atoms with van der Waals surface area (Å²) < 4.78 is 17.8. The van der Waals surface area contributed by atoms with Crippen LogP contribution in [-0.4, -0.2) is 48.3 Å². The number of benzene rings is 2. The molecule has 2 aromatic heterocycles. The molecular formula is C28H28N4O5S2. The number of carbonyl (C=O) groups is 1. The Bertz CT molecular complexity index is 1590. The number of methoxy groups -OCH3 is 2. The van der Waals surface area contributed by atoms with Gasteiger partial charge in [-0.25, -0.2) is 10.4 Å². The average molecular weight is 565 g/mol. The van der Waals surface area contributed by atoms with E-state index < -0.39 is 0 Å². The number of nitrogens with zero attached hydrogens (tertiary/aromatic N) is 3. The summed E-state index contributed by atoms with van der Waals surface area (Å²) in [6, 6.07) is 12.7. The summed E-state index contributed by atoms with van der Waals surface area (Å²) >= 11 is 2.77. The zero-order chi connectivity index (χ0) is 27.4. The van der Waals surface area contributed by atoms with Crippen molar-refractivity contribution in [3.63, 3.8) is 0 Å². The lowest BCUT2D eigenvalue weighted by Gasteiger charge is -2.13. The molecule has 5 rings (SSSR count). The molecule has 1 aliphatic rings. The third-order valence-corrected chi connectivity index (χ3v) is 8.40. The van der Waals surface area contributed by atoms with E-state index in [0.29, 0.717) is 39.9 Å². The fourth-order valence-electron chi connectivity index (χ4n) is 4.56. The van der Waals surface area contributed by atoms with Gasteiger partial charge in [-0.15, -0.1) is 11.3 Å². The number of thiophene rings is 1. The van der Waals surface area contributed by atoms with Crippen molar-refractivity contribution in [3.05, 3.63) is 68.8 Å². The molecule has 4 aromatic rings. The predicted octanol–water partition coefficient (Wildman–Crippen LogP) is 4.59. The Morgan fingerprint density at radius 3 is 2.74 bits per heavy atom. The summed E-state index contributed by atoms with van der Waals surface area (Å²) in [6.45, 7) is 2.47. The van der Waals surface area contributed by atoms with Crippen molar-refractivity contribution in [2.45, 2.75) is 31.3 Å². The van der Waals surface area contributed by atoms with Crippen LogP contribution in [0.1, 0.15) is 29.3 Å². The first-order valence-corrected chi connectivity index (χ1v) is 14.3. The van der Waals surface area contributed by atoms with E-state index >= 15 is 0 Å². The van der Waals surface area contributed by atoms with Crippen LogP contribution in [0.3, 0.4) is 0 Å². The lowest BCUT2D eigenvalue weighted by atomic mass is 10.2. The summed E-state index contributed by atoms with van der Waals surface area (Å²) in [6.07, 6.45) is 4.41. The van der Waals surface area contributed by atoms with Crippen LogP contribution in [0.2, 0.25) is 0 Å². The fourth-order valence-corrected chi connectivity index (χ4v) is 6.66. The Morgan fingerprint density at radius 1 is 1.18 bits per heavy atom. The monoisotopic (exact) mass is 564 g/mol. The molecule has 1 N–H and O–H groups in total. The molecule has 2 heterocycles. The van der Waals surface area contributed by atoms with Crippen molar-refractivity contribution < 1.29 is 19.0 Å². The standard InChI is InChI=1S/C28H28N4O5S2/c1-4-37-19-13-11-18(12-14-19)32-27(34)24-20-8-6-10-22(20)39-26(24)30-28(32)38-16-23(33)31-29-15-17-7-5-9-21(35-2)25(17)36-3/h5,7,9,11-15H,4,6,8,10,16H2,1-3H3,(H,31,33). The van der Waals surface area contributed by atoms with Gasteiger partial charge in [0, 0.05) is 10.4 Å². The number of amides is 1. The zero-order valence-corrected chi connectivity index (χ0v) is 23.5. The number of aromatic nitrogens is 2. The van der Waals surface area contributed by atoms with Crippen LogP contribution in [0, 0.1) is 0 Å². The summed E-state index contributed by atoms with van der Waals surface area (Å²) in [5, 5.41) is 5.21. The maximum Gasteiger partial charge on any atom is 0.267 e. The molecule has 1 aliphatic carbocycles. The van der Waals surface area contributed by atoms with Gasteiger partial charge in [0.05, 0.1) is 43.9 Å². The van der Waals surface area contributed by atoms with E-state index in [4.69, 9.17) is 19.2 Å². The first-order valence-electron chi connectivity index (χ1n) is 12.5. The van der Waals surface area contributed by atoms with Gasteiger partial charge in [0.2, 0.25) is 0 Å². The van der Waals surface area contributed by atoms with Gasteiger partial charge in [-0.05, 0) is 68.1 Å². The average Bonchev–Trinajstić information content (AvgIpc) is 3.54. The molecule has 0 saturated carbocycles. The molecule has 0 spiro atoms. The first-order chi connectivity index (χ1) is 19.0. The highest BCUT2D eigenvalue weighted by atomic mass is 32.2. The van der Waals surface area contributed by atoms with Crippen molar-refractivity contribution in [2.24, 2.45) is 5.10 Å². The molecule has 0 unspecified atom stereocenters. The first kappa shape index (κ1) is 26.8. The second kappa shape index (κ2) is 11.9. The van der Waals surface area contributed by atoms with Gasteiger partial charge >= 0.3 is 0 Å².